The number of carbonyl (C=O) groups excluding carboxylic acids is 1. The lowest BCUT2D eigenvalue weighted by Gasteiger charge is -2.21. The van der Waals surface area contributed by atoms with Crippen LogP contribution in [-0.2, 0) is 16.0 Å². The smallest absolute Gasteiger partial charge is 0.319 e. The van der Waals surface area contributed by atoms with E-state index in [4.69, 9.17) is 4.74 Å². The van der Waals surface area contributed by atoms with Crippen molar-refractivity contribution in [2.45, 2.75) is 50.3 Å². The molecule has 0 radical (unpaired) electrons. The molecule has 5 heteroatoms. The third-order valence-corrected chi connectivity index (χ3v) is 7.53. The summed E-state index contributed by atoms with van der Waals surface area (Å²) in [7, 11) is 1.48. The van der Waals surface area contributed by atoms with Crippen molar-refractivity contribution < 1.29 is 9.53 Å². The second-order valence-electron chi connectivity index (χ2n) is 7.90. The Labute approximate surface area is 173 Å². The fourth-order valence-corrected chi connectivity index (χ4v) is 5.59. The second kappa shape index (κ2) is 10.6. The van der Waals surface area contributed by atoms with Crippen LogP contribution in [0, 0.1) is 11.8 Å². The topological polar surface area (TPSA) is 38.3 Å². The van der Waals surface area contributed by atoms with Crippen molar-refractivity contribution >= 4 is 29.5 Å². The fourth-order valence-electron chi connectivity index (χ4n) is 3.08. The first kappa shape index (κ1) is 22.4. The molecule has 1 aliphatic rings. The van der Waals surface area contributed by atoms with Crippen LogP contribution < -0.4 is 5.32 Å². The van der Waals surface area contributed by atoms with Crippen LogP contribution in [0.25, 0.3) is 0 Å². The van der Waals surface area contributed by atoms with Gasteiger partial charge in [0.1, 0.15) is 5.25 Å². The van der Waals surface area contributed by atoms with Crippen LogP contribution in [0.1, 0.15) is 33.3 Å². The lowest BCUT2D eigenvalue weighted by molar-refractivity contribution is -0.139. The Bertz CT molecular complexity index is 616. The SMILES string of the molecule is COC(=O)C(Cc1ccccc1)SC[C@@H](/C=C/C1CSC(C)(C)N1)C(C)C. The van der Waals surface area contributed by atoms with E-state index in [0.717, 1.165) is 11.5 Å². The molecular formula is C22H33NO2S2. The maximum Gasteiger partial charge on any atom is 0.319 e. The summed E-state index contributed by atoms with van der Waals surface area (Å²) in [6, 6.07) is 10.6. The van der Waals surface area contributed by atoms with Gasteiger partial charge in [0, 0.05) is 17.5 Å². The molecular weight excluding hydrogens is 374 g/mol. The van der Waals surface area contributed by atoms with E-state index in [-0.39, 0.29) is 16.1 Å². The maximum absolute atomic E-state index is 12.3. The number of benzene rings is 1. The van der Waals surface area contributed by atoms with Crippen LogP contribution >= 0.6 is 23.5 Å². The zero-order valence-electron chi connectivity index (χ0n) is 17.1. The first-order valence-corrected chi connectivity index (χ1v) is 11.7. The predicted molar refractivity (Wildman–Crippen MR) is 119 cm³/mol. The van der Waals surface area contributed by atoms with Gasteiger partial charge in [-0.05, 0) is 37.7 Å². The Kier molecular flexibility index (Phi) is 8.77. The molecule has 0 aliphatic carbocycles. The Morgan fingerprint density at radius 2 is 2.07 bits per heavy atom. The lowest BCUT2D eigenvalue weighted by atomic mass is 9.97. The van der Waals surface area contributed by atoms with E-state index in [0.29, 0.717) is 24.3 Å². The van der Waals surface area contributed by atoms with Crippen molar-refractivity contribution in [1.82, 2.24) is 5.32 Å². The maximum atomic E-state index is 12.3. The van der Waals surface area contributed by atoms with Crippen LogP contribution in [0.3, 0.4) is 0 Å². The Morgan fingerprint density at radius 3 is 2.63 bits per heavy atom. The molecule has 0 spiro atoms. The molecule has 1 heterocycles. The highest BCUT2D eigenvalue weighted by Crippen LogP contribution is 2.30. The summed E-state index contributed by atoms with van der Waals surface area (Å²) >= 11 is 3.68. The molecule has 1 saturated heterocycles. The molecule has 1 aliphatic heterocycles. The molecule has 1 N–H and O–H groups in total. The number of allylic oxidation sites excluding steroid dienone is 1. The standard InChI is InChI=1S/C22H33NO2S2/c1-16(2)18(11-12-19-15-27-22(3,4)23-19)14-26-20(21(24)25-5)13-17-9-7-6-8-10-17/h6-12,16,18-20,23H,13-15H2,1-5H3/b12-11+/t18-,19?,20?/m1/s1. The third-order valence-electron chi connectivity index (χ3n) is 4.82. The minimum absolute atomic E-state index is 0.133. The third kappa shape index (κ3) is 7.55. The molecule has 150 valence electrons. The minimum atomic E-state index is -0.161. The zero-order valence-corrected chi connectivity index (χ0v) is 18.7. The molecule has 0 saturated carbocycles. The molecule has 1 fully saturated rings. The van der Waals surface area contributed by atoms with Crippen LogP contribution in [0.2, 0.25) is 0 Å². The van der Waals surface area contributed by atoms with Gasteiger partial charge in [-0.3, -0.25) is 10.1 Å². The van der Waals surface area contributed by atoms with Gasteiger partial charge >= 0.3 is 5.97 Å². The fraction of sp³-hybridized carbons (Fsp3) is 0.591. The molecule has 27 heavy (non-hydrogen) atoms. The molecule has 0 bridgehead atoms. The van der Waals surface area contributed by atoms with Gasteiger partial charge in [0.25, 0.3) is 0 Å². The number of ether oxygens (including phenoxy) is 1. The van der Waals surface area contributed by atoms with Gasteiger partial charge < -0.3 is 4.74 Å². The number of rotatable bonds is 9. The molecule has 1 aromatic rings. The summed E-state index contributed by atoms with van der Waals surface area (Å²) in [6.07, 6.45) is 5.37. The summed E-state index contributed by atoms with van der Waals surface area (Å²) in [4.78, 5) is 12.4. The highest BCUT2D eigenvalue weighted by molar-refractivity contribution is 8.01. The molecule has 0 amide bonds. The van der Waals surface area contributed by atoms with Gasteiger partial charge in [0.2, 0.25) is 0 Å². The number of carbonyl (C=O) groups is 1. The quantitative estimate of drug-likeness (QED) is 0.471. The summed E-state index contributed by atoms with van der Waals surface area (Å²) in [5, 5.41) is 3.48. The van der Waals surface area contributed by atoms with Crippen molar-refractivity contribution in [2.24, 2.45) is 11.8 Å². The van der Waals surface area contributed by atoms with E-state index < -0.39 is 0 Å². The van der Waals surface area contributed by atoms with Gasteiger partial charge in [-0.25, -0.2) is 0 Å². The molecule has 2 unspecified atom stereocenters. The van der Waals surface area contributed by atoms with E-state index in [9.17, 15) is 4.79 Å². The van der Waals surface area contributed by atoms with Crippen LogP contribution in [0.5, 0.6) is 0 Å². The predicted octanol–water partition coefficient (Wildman–Crippen LogP) is 4.77. The molecule has 1 aromatic carbocycles. The minimum Gasteiger partial charge on any atom is -0.468 e. The van der Waals surface area contributed by atoms with Crippen molar-refractivity contribution in [2.75, 3.05) is 18.6 Å². The van der Waals surface area contributed by atoms with E-state index in [1.807, 2.05) is 30.0 Å². The van der Waals surface area contributed by atoms with Gasteiger partial charge in [-0.1, -0.05) is 56.3 Å². The van der Waals surface area contributed by atoms with Crippen LogP contribution in [0.15, 0.2) is 42.5 Å². The first-order valence-electron chi connectivity index (χ1n) is 9.64. The van der Waals surface area contributed by atoms with Crippen molar-refractivity contribution in [3.63, 3.8) is 0 Å². The number of methoxy groups -OCH3 is 1. The Morgan fingerprint density at radius 1 is 1.37 bits per heavy atom. The normalized spacial score (nSPS) is 21.5. The van der Waals surface area contributed by atoms with E-state index in [1.165, 1.54) is 12.7 Å². The summed E-state index contributed by atoms with van der Waals surface area (Å²) in [5.41, 5.74) is 1.17. The zero-order chi connectivity index (χ0) is 19.9. The second-order valence-corrected chi connectivity index (χ2v) is 10.8. The first-order chi connectivity index (χ1) is 12.8. The summed E-state index contributed by atoms with van der Waals surface area (Å²) in [5.74, 6) is 2.87. The molecule has 2 rings (SSSR count). The average Bonchev–Trinajstić information content (AvgIpc) is 2.99. The van der Waals surface area contributed by atoms with E-state index >= 15 is 0 Å². The number of nitrogens with one attached hydrogen (secondary N) is 1. The van der Waals surface area contributed by atoms with Gasteiger partial charge in [-0.15, -0.1) is 23.5 Å². The monoisotopic (exact) mass is 407 g/mol. The van der Waals surface area contributed by atoms with Crippen LogP contribution in [-0.4, -0.2) is 40.7 Å². The number of thioether (sulfide) groups is 2. The van der Waals surface area contributed by atoms with E-state index in [1.54, 1.807) is 11.8 Å². The number of esters is 1. The number of hydrogen-bond donors (Lipinski definition) is 1. The number of hydrogen-bond acceptors (Lipinski definition) is 5. The summed E-state index contributed by atoms with van der Waals surface area (Å²) in [6.45, 7) is 8.96. The molecule has 0 aromatic heterocycles. The van der Waals surface area contributed by atoms with Gasteiger partial charge in [0.15, 0.2) is 0 Å². The molecule has 3 nitrogen and oxygen atoms in total. The summed E-state index contributed by atoms with van der Waals surface area (Å²) < 4.78 is 5.05. The lowest BCUT2D eigenvalue weighted by Crippen LogP contribution is -2.35. The van der Waals surface area contributed by atoms with Crippen LogP contribution in [0.4, 0.5) is 0 Å². The highest BCUT2D eigenvalue weighted by Gasteiger charge is 2.29. The Balaban J connectivity index is 1.95. The van der Waals surface area contributed by atoms with Gasteiger partial charge in [-0.2, -0.15) is 0 Å². The average molecular weight is 408 g/mol. The largest absolute Gasteiger partial charge is 0.468 e. The van der Waals surface area contributed by atoms with Gasteiger partial charge in [0.05, 0.1) is 12.0 Å². The highest BCUT2D eigenvalue weighted by atomic mass is 32.2. The molecule has 3 atom stereocenters. The van der Waals surface area contributed by atoms with Crippen molar-refractivity contribution in [1.29, 1.82) is 0 Å². The van der Waals surface area contributed by atoms with Crippen molar-refractivity contribution in [3.05, 3.63) is 48.0 Å². The van der Waals surface area contributed by atoms with E-state index in [2.05, 4.69) is 57.3 Å². The van der Waals surface area contributed by atoms with Crippen molar-refractivity contribution in [3.8, 4) is 0 Å². The Hall–Kier alpha value is -0.910.